The Morgan fingerprint density at radius 1 is 1.21 bits per heavy atom. The number of anilines is 1. The predicted octanol–water partition coefficient (Wildman–Crippen LogP) is 3.17. The fourth-order valence-electron chi connectivity index (χ4n) is 3.79. The maximum Gasteiger partial charge on any atom is 0.167 e. The van der Waals surface area contributed by atoms with Gasteiger partial charge in [-0.15, -0.1) is 0 Å². The molecule has 146 valence electrons. The number of likely N-dealkylation sites (N-methyl/N-ethyl adjacent to an activating group) is 1. The Balaban J connectivity index is 1.39. The van der Waals surface area contributed by atoms with Gasteiger partial charge in [0.05, 0.1) is 17.1 Å². The van der Waals surface area contributed by atoms with E-state index in [1.54, 1.807) is 12.4 Å². The van der Waals surface area contributed by atoms with Gasteiger partial charge in [-0.3, -0.25) is 0 Å². The molecule has 7 heteroatoms. The fourth-order valence-corrected chi connectivity index (χ4v) is 3.79. The van der Waals surface area contributed by atoms with Gasteiger partial charge in [0, 0.05) is 36.8 Å². The third kappa shape index (κ3) is 3.03. The summed E-state index contributed by atoms with van der Waals surface area (Å²) in [6.45, 7) is 3.94. The van der Waals surface area contributed by atoms with Gasteiger partial charge in [0.15, 0.2) is 11.6 Å². The van der Waals surface area contributed by atoms with Crippen molar-refractivity contribution in [2.24, 2.45) is 4.99 Å². The van der Waals surface area contributed by atoms with Crippen molar-refractivity contribution in [3.63, 3.8) is 0 Å². The summed E-state index contributed by atoms with van der Waals surface area (Å²) in [6, 6.07) is 5.72. The molecule has 28 heavy (non-hydrogen) atoms. The number of fused-ring (bicyclic) bond motifs is 1. The smallest absolute Gasteiger partial charge is 0.167 e. The van der Waals surface area contributed by atoms with Crippen molar-refractivity contribution in [2.45, 2.75) is 37.8 Å². The van der Waals surface area contributed by atoms with E-state index in [2.05, 4.69) is 38.9 Å². The highest BCUT2D eigenvalue weighted by Crippen LogP contribution is 2.43. The number of benzene rings is 1. The van der Waals surface area contributed by atoms with Crippen LogP contribution in [0.5, 0.6) is 5.75 Å². The van der Waals surface area contributed by atoms with Crippen molar-refractivity contribution in [3.8, 4) is 5.75 Å². The van der Waals surface area contributed by atoms with Crippen molar-refractivity contribution in [1.82, 2.24) is 14.9 Å². The highest BCUT2D eigenvalue weighted by molar-refractivity contribution is 6.21. The van der Waals surface area contributed by atoms with Crippen LogP contribution in [0.1, 0.15) is 37.4 Å². The molecule has 0 spiro atoms. The molecule has 0 bridgehead atoms. The first-order valence-electron chi connectivity index (χ1n) is 9.77. The Hall–Kier alpha value is -2.54. The number of rotatable bonds is 5. The van der Waals surface area contributed by atoms with Crippen LogP contribution in [0, 0.1) is 5.82 Å². The molecule has 6 nitrogen and oxygen atoms in total. The van der Waals surface area contributed by atoms with Gasteiger partial charge in [0.2, 0.25) is 0 Å². The molecule has 1 unspecified atom stereocenters. The number of hydrogen-bond acceptors (Lipinski definition) is 6. The molecule has 1 atom stereocenters. The summed E-state index contributed by atoms with van der Waals surface area (Å²) in [7, 11) is 4.22. The standard InChI is InChI=1S/C21H24FN5O/c1-21(5-6-21)28-18-8-14-16(9-15(18)22)25-20(14)17-10-19(24-12-23-17)27-7-4-13(11-27)26(2)3/h8-10,12-13H,4-7,11H2,1-3H3. The number of hydrogen-bond donors (Lipinski definition) is 0. The van der Waals surface area contributed by atoms with Crippen molar-refractivity contribution >= 4 is 17.2 Å². The molecular formula is C21H24FN5O. The maximum absolute atomic E-state index is 14.3. The van der Waals surface area contributed by atoms with E-state index in [4.69, 9.17) is 4.74 Å². The first kappa shape index (κ1) is 17.6. The van der Waals surface area contributed by atoms with E-state index in [-0.39, 0.29) is 11.4 Å². The zero-order valence-electron chi connectivity index (χ0n) is 16.4. The maximum atomic E-state index is 14.3. The summed E-state index contributed by atoms with van der Waals surface area (Å²) in [5, 5.41) is 0. The first-order valence-corrected chi connectivity index (χ1v) is 9.77. The Bertz CT molecular complexity index is 969. The van der Waals surface area contributed by atoms with Gasteiger partial charge in [-0.1, -0.05) is 0 Å². The van der Waals surface area contributed by atoms with Crippen LogP contribution in [-0.4, -0.2) is 59.4 Å². The SMILES string of the molecule is CN(C)C1CCN(c2cc(C3=Nc4cc(F)c(OC5(C)CC5)cc43)ncn2)C1. The van der Waals surface area contributed by atoms with Crippen LogP contribution in [0.4, 0.5) is 15.9 Å². The molecule has 0 radical (unpaired) electrons. The minimum Gasteiger partial charge on any atom is -0.484 e. The fraction of sp³-hybridized carbons (Fsp3) is 0.476. The van der Waals surface area contributed by atoms with Crippen molar-refractivity contribution < 1.29 is 9.13 Å². The molecule has 1 aliphatic carbocycles. The average molecular weight is 381 g/mol. The van der Waals surface area contributed by atoms with Crippen LogP contribution in [0.3, 0.4) is 0 Å². The van der Waals surface area contributed by atoms with Gasteiger partial charge in [0.1, 0.15) is 17.7 Å². The van der Waals surface area contributed by atoms with Crippen molar-refractivity contribution in [3.05, 3.63) is 41.6 Å². The highest BCUT2D eigenvalue weighted by Gasteiger charge is 2.41. The van der Waals surface area contributed by atoms with Crippen molar-refractivity contribution in [2.75, 3.05) is 32.1 Å². The lowest BCUT2D eigenvalue weighted by atomic mass is 9.98. The van der Waals surface area contributed by atoms with Gasteiger partial charge in [0.25, 0.3) is 0 Å². The van der Waals surface area contributed by atoms with Crippen molar-refractivity contribution in [1.29, 1.82) is 0 Å². The summed E-state index contributed by atoms with van der Waals surface area (Å²) in [4.78, 5) is 17.9. The summed E-state index contributed by atoms with van der Waals surface area (Å²) in [6.07, 6.45) is 4.63. The van der Waals surface area contributed by atoms with Crippen LogP contribution in [0.25, 0.3) is 0 Å². The number of halogens is 1. The molecule has 1 saturated heterocycles. The average Bonchev–Trinajstić information content (AvgIpc) is 3.18. The summed E-state index contributed by atoms with van der Waals surface area (Å²) < 4.78 is 20.2. The molecule has 0 N–H and O–H groups in total. The van der Waals surface area contributed by atoms with E-state index in [1.807, 2.05) is 13.0 Å². The summed E-state index contributed by atoms with van der Waals surface area (Å²) in [5.41, 5.74) is 2.85. The number of ether oxygens (including phenoxy) is 1. The van der Waals surface area contributed by atoms with E-state index >= 15 is 0 Å². The molecule has 5 rings (SSSR count). The van der Waals surface area contributed by atoms with E-state index in [9.17, 15) is 4.39 Å². The van der Waals surface area contributed by atoms with Crippen LogP contribution < -0.4 is 9.64 Å². The Labute approximate surface area is 164 Å². The highest BCUT2D eigenvalue weighted by atomic mass is 19.1. The van der Waals surface area contributed by atoms with Gasteiger partial charge in [-0.25, -0.2) is 19.4 Å². The molecule has 1 saturated carbocycles. The molecule has 2 fully saturated rings. The molecule has 2 aliphatic heterocycles. The van der Waals surface area contributed by atoms with E-state index in [0.717, 1.165) is 55.1 Å². The predicted molar refractivity (Wildman–Crippen MR) is 106 cm³/mol. The molecule has 1 aromatic heterocycles. The number of aliphatic imine (C=N–C) groups is 1. The molecule has 2 aromatic rings. The van der Waals surface area contributed by atoms with Crippen LogP contribution in [-0.2, 0) is 0 Å². The zero-order chi connectivity index (χ0) is 19.5. The summed E-state index contributed by atoms with van der Waals surface area (Å²) in [5.74, 6) is 0.855. The monoisotopic (exact) mass is 381 g/mol. The molecular weight excluding hydrogens is 357 g/mol. The van der Waals surface area contributed by atoms with Gasteiger partial charge in [-0.2, -0.15) is 0 Å². The second-order valence-electron chi connectivity index (χ2n) is 8.43. The van der Waals surface area contributed by atoms with Crippen LogP contribution >= 0.6 is 0 Å². The normalized spacial score (nSPS) is 22.0. The molecule has 3 heterocycles. The third-order valence-corrected chi connectivity index (χ3v) is 5.96. The van der Waals surface area contributed by atoms with Crippen LogP contribution in [0.15, 0.2) is 29.5 Å². The van der Waals surface area contributed by atoms with E-state index in [0.29, 0.717) is 17.5 Å². The lowest BCUT2D eigenvalue weighted by molar-refractivity contribution is 0.191. The van der Waals surface area contributed by atoms with Gasteiger partial charge < -0.3 is 14.5 Å². The first-order chi connectivity index (χ1) is 13.4. The molecule has 0 amide bonds. The lowest BCUT2D eigenvalue weighted by Crippen LogP contribution is -2.31. The Morgan fingerprint density at radius 2 is 2.04 bits per heavy atom. The van der Waals surface area contributed by atoms with Gasteiger partial charge in [-0.05, 0) is 46.3 Å². The zero-order valence-corrected chi connectivity index (χ0v) is 16.4. The second kappa shape index (κ2) is 6.24. The lowest BCUT2D eigenvalue weighted by Gasteiger charge is -2.23. The Kier molecular flexibility index (Phi) is 3.91. The van der Waals surface area contributed by atoms with E-state index in [1.165, 1.54) is 6.07 Å². The molecule has 1 aromatic carbocycles. The minimum absolute atomic E-state index is 0.225. The molecule has 3 aliphatic rings. The van der Waals surface area contributed by atoms with Gasteiger partial charge >= 0.3 is 0 Å². The van der Waals surface area contributed by atoms with E-state index < -0.39 is 0 Å². The topological polar surface area (TPSA) is 53.9 Å². The quantitative estimate of drug-likeness (QED) is 0.680. The minimum atomic E-state index is -0.357. The second-order valence-corrected chi connectivity index (χ2v) is 8.43. The summed E-state index contributed by atoms with van der Waals surface area (Å²) >= 11 is 0. The largest absolute Gasteiger partial charge is 0.484 e. The Morgan fingerprint density at radius 3 is 2.75 bits per heavy atom. The number of nitrogens with zero attached hydrogens (tertiary/aromatic N) is 5. The van der Waals surface area contributed by atoms with Crippen LogP contribution in [0.2, 0.25) is 0 Å². The number of aromatic nitrogens is 2. The third-order valence-electron chi connectivity index (χ3n) is 5.96.